The summed E-state index contributed by atoms with van der Waals surface area (Å²) in [6.45, 7) is 6.69. The molecule has 0 N–H and O–H groups in total. The Morgan fingerprint density at radius 1 is 1.00 bits per heavy atom. The van der Waals surface area contributed by atoms with Crippen molar-refractivity contribution < 1.29 is 13.9 Å². The van der Waals surface area contributed by atoms with Crippen LogP contribution in [0, 0.1) is 5.82 Å². The molecule has 2 aromatic carbocycles. The Balaban J connectivity index is 1.78. The SMILES string of the molecule is CC(C)(C)OC(=O)N1Cc2ccc(-c3ccc(F)cc3)cc2C1. The molecule has 0 bridgehead atoms. The summed E-state index contributed by atoms with van der Waals surface area (Å²) in [6.07, 6.45) is -0.294. The number of ether oxygens (including phenoxy) is 1. The van der Waals surface area contributed by atoms with E-state index < -0.39 is 5.60 Å². The number of fused-ring (bicyclic) bond motifs is 1. The van der Waals surface area contributed by atoms with Gasteiger partial charge in [-0.15, -0.1) is 0 Å². The lowest BCUT2D eigenvalue weighted by molar-refractivity contribution is 0.0242. The van der Waals surface area contributed by atoms with E-state index in [2.05, 4.69) is 6.07 Å². The van der Waals surface area contributed by atoms with E-state index in [1.165, 1.54) is 12.1 Å². The normalized spacial score (nSPS) is 13.8. The summed E-state index contributed by atoms with van der Waals surface area (Å²) in [5.74, 6) is -0.244. The van der Waals surface area contributed by atoms with Crippen LogP contribution >= 0.6 is 0 Å². The van der Waals surface area contributed by atoms with Crippen molar-refractivity contribution in [2.24, 2.45) is 0 Å². The van der Waals surface area contributed by atoms with Crippen LogP contribution < -0.4 is 0 Å². The standard InChI is InChI=1S/C19H20FNO2/c1-19(2,3)23-18(22)21-11-15-5-4-14(10-16(15)12-21)13-6-8-17(20)9-7-13/h4-10H,11-12H2,1-3H3. The first kappa shape index (κ1) is 15.5. The van der Waals surface area contributed by atoms with Crippen molar-refractivity contribution in [3.8, 4) is 11.1 Å². The van der Waals surface area contributed by atoms with Crippen LogP contribution in [0.5, 0.6) is 0 Å². The van der Waals surface area contributed by atoms with Gasteiger partial charge in [-0.2, -0.15) is 0 Å². The van der Waals surface area contributed by atoms with Crippen LogP contribution in [0.4, 0.5) is 9.18 Å². The summed E-state index contributed by atoms with van der Waals surface area (Å²) in [5, 5.41) is 0. The lowest BCUT2D eigenvalue weighted by Crippen LogP contribution is -2.33. The maximum absolute atomic E-state index is 13.0. The third kappa shape index (κ3) is 3.52. The molecule has 2 aromatic rings. The molecule has 0 spiro atoms. The summed E-state index contributed by atoms with van der Waals surface area (Å²) < 4.78 is 18.5. The minimum atomic E-state index is -0.495. The number of carbonyl (C=O) groups is 1. The van der Waals surface area contributed by atoms with Crippen molar-refractivity contribution >= 4 is 6.09 Å². The number of hydrogen-bond acceptors (Lipinski definition) is 2. The zero-order valence-electron chi connectivity index (χ0n) is 13.6. The number of halogens is 1. The summed E-state index contributed by atoms with van der Waals surface area (Å²) in [4.78, 5) is 13.9. The van der Waals surface area contributed by atoms with Crippen LogP contribution in [0.1, 0.15) is 31.9 Å². The van der Waals surface area contributed by atoms with E-state index in [1.54, 1.807) is 17.0 Å². The maximum Gasteiger partial charge on any atom is 0.410 e. The molecule has 0 fully saturated rings. The molecule has 0 saturated carbocycles. The van der Waals surface area contributed by atoms with Gasteiger partial charge in [0.1, 0.15) is 11.4 Å². The Labute approximate surface area is 135 Å². The fourth-order valence-electron chi connectivity index (χ4n) is 2.67. The van der Waals surface area contributed by atoms with Gasteiger partial charge in [-0.3, -0.25) is 4.90 Å². The molecule has 3 nitrogen and oxygen atoms in total. The number of rotatable bonds is 1. The van der Waals surface area contributed by atoms with Crippen molar-refractivity contribution in [2.75, 3.05) is 0 Å². The van der Waals surface area contributed by atoms with Crippen molar-refractivity contribution in [2.45, 2.75) is 39.5 Å². The molecule has 1 aliphatic rings. The van der Waals surface area contributed by atoms with Gasteiger partial charge in [-0.25, -0.2) is 9.18 Å². The number of carbonyl (C=O) groups excluding carboxylic acids is 1. The third-order valence-electron chi connectivity index (χ3n) is 3.76. The summed E-state index contributed by atoms with van der Waals surface area (Å²) in [7, 11) is 0. The van der Waals surface area contributed by atoms with Crippen LogP contribution in [0.25, 0.3) is 11.1 Å². The van der Waals surface area contributed by atoms with Gasteiger partial charge in [0.15, 0.2) is 0 Å². The first-order chi connectivity index (χ1) is 10.8. The molecule has 23 heavy (non-hydrogen) atoms. The van der Waals surface area contributed by atoms with E-state index in [0.29, 0.717) is 13.1 Å². The molecule has 0 atom stereocenters. The van der Waals surface area contributed by atoms with Gasteiger partial charge in [-0.1, -0.05) is 24.3 Å². The average Bonchev–Trinajstić information content (AvgIpc) is 2.89. The van der Waals surface area contributed by atoms with Gasteiger partial charge in [-0.05, 0) is 61.2 Å². The molecular weight excluding hydrogens is 293 g/mol. The highest BCUT2D eigenvalue weighted by Gasteiger charge is 2.27. The molecule has 1 aliphatic heterocycles. The van der Waals surface area contributed by atoms with Crippen molar-refractivity contribution in [3.05, 3.63) is 59.4 Å². The molecule has 1 heterocycles. The Kier molecular flexibility index (Phi) is 3.84. The van der Waals surface area contributed by atoms with Crippen molar-refractivity contribution in [1.82, 2.24) is 4.90 Å². The Hall–Kier alpha value is -2.36. The molecule has 0 aromatic heterocycles. The fourth-order valence-corrected chi connectivity index (χ4v) is 2.67. The topological polar surface area (TPSA) is 29.5 Å². The molecular formula is C19H20FNO2. The summed E-state index contributed by atoms with van der Waals surface area (Å²) >= 11 is 0. The van der Waals surface area contributed by atoms with Crippen LogP contribution in [0.3, 0.4) is 0 Å². The lowest BCUT2D eigenvalue weighted by Gasteiger charge is -2.24. The number of hydrogen-bond donors (Lipinski definition) is 0. The molecule has 3 rings (SSSR count). The summed E-state index contributed by atoms with van der Waals surface area (Å²) in [5.41, 5.74) is 3.73. The highest BCUT2D eigenvalue weighted by Crippen LogP contribution is 2.29. The molecule has 0 unspecified atom stereocenters. The Morgan fingerprint density at radius 2 is 1.61 bits per heavy atom. The van der Waals surface area contributed by atoms with Crippen LogP contribution in [0.15, 0.2) is 42.5 Å². The number of nitrogens with zero attached hydrogens (tertiary/aromatic N) is 1. The Morgan fingerprint density at radius 3 is 2.26 bits per heavy atom. The van der Waals surface area contributed by atoms with Crippen LogP contribution in [0.2, 0.25) is 0 Å². The summed E-state index contributed by atoms with van der Waals surface area (Å²) in [6, 6.07) is 12.5. The predicted octanol–water partition coefficient (Wildman–Crippen LogP) is 4.74. The van der Waals surface area contributed by atoms with E-state index in [0.717, 1.165) is 22.3 Å². The second kappa shape index (κ2) is 5.69. The van der Waals surface area contributed by atoms with E-state index in [1.807, 2.05) is 32.9 Å². The smallest absolute Gasteiger partial charge is 0.410 e. The second-order valence-corrected chi connectivity index (χ2v) is 6.83. The minimum absolute atomic E-state index is 0.244. The van der Waals surface area contributed by atoms with Gasteiger partial charge in [0, 0.05) is 13.1 Å². The second-order valence-electron chi connectivity index (χ2n) is 6.83. The highest BCUT2D eigenvalue weighted by molar-refractivity contribution is 5.71. The van der Waals surface area contributed by atoms with Gasteiger partial charge >= 0.3 is 6.09 Å². The monoisotopic (exact) mass is 313 g/mol. The van der Waals surface area contributed by atoms with E-state index in [4.69, 9.17) is 4.74 Å². The van der Waals surface area contributed by atoms with Crippen LogP contribution in [-0.4, -0.2) is 16.6 Å². The van der Waals surface area contributed by atoms with Crippen molar-refractivity contribution in [3.63, 3.8) is 0 Å². The van der Waals surface area contributed by atoms with E-state index >= 15 is 0 Å². The van der Waals surface area contributed by atoms with Gasteiger partial charge in [0.05, 0.1) is 0 Å². The highest BCUT2D eigenvalue weighted by atomic mass is 19.1. The molecule has 4 heteroatoms. The number of benzene rings is 2. The minimum Gasteiger partial charge on any atom is -0.444 e. The lowest BCUT2D eigenvalue weighted by atomic mass is 10.0. The Bertz CT molecular complexity index is 732. The third-order valence-corrected chi connectivity index (χ3v) is 3.76. The number of amides is 1. The average molecular weight is 313 g/mol. The van der Waals surface area contributed by atoms with Gasteiger partial charge in [0.2, 0.25) is 0 Å². The van der Waals surface area contributed by atoms with E-state index in [9.17, 15) is 9.18 Å². The molecule has 1 amide bonds. The first-order valence-electron chi connectivity index (χ1n) is 7.67. The molecule has 0 saturated heterocycles. The van der Waals surface area contributed by atoms with E-state index in [-0.39, 0.29) is 11.9 Å². The zero-order valence-corrected chi connectivity index (χ0v) is 13.6. The largest absolute Gasteiger partial charge is 0.444 e. The maximum atomic E-state index is 13.0. The predicted molar refractivity (Wildman–Crippen MR) is 87.3 cm³/mol. The first-order valence-corrected chi connectivity index (χ1v) is 7.67. The molecule has 0 radical (unpaired) electrons. The fraction of sp³-hybridized carbons (Fsp3) is 0.316. The van der Waals surface area contributed by atoms with Crippen molar-refractivity contribution in [1.29, 1.82) is 0 Å². The zero-order chi connectivity index (χ0) is 16.6. The molecule has 0 aliphatic carbocycles. The van der Waals surface area contributed by atoms with Gasteiger partial charge < -0.3 is 4.74 Å². The molecule has 120 valence electrons. The van der Waals surface area contributed by atoms with Gasteiger partial charge in [0.25, 0.3) is 0 Å². The van der Waals surface area contributed by atoms with Crippen LogP contribution in [-0.2, 0) is 17.8 Å². The quantitative estimate of drug-likeness (QED) is 0.761.